The molecule has 0 unspecified atom stereocenters. The van der Waals surface area contributed by atoms with Crippen LogP contribution in [0.3, 0.4) is 0 Å². The SMILES string of the molecule is C=CC1=C(C)c2ccc(-c3ccccc3/C(C)=C\CC)cc2C1(C)C. The van der Waals surface area contributed by atoms with Gasteiger partial charge in [0.15, 0.2) is 0 Å². The number of hydrogen-bond donors (Lipinski definition) is 0. The number of hydrogen-bond acceptors (Lipinski definition) is 0. The number of allylic oxidation sites excluding steroid dienone is 5. The standard InChI is InChI=1S/C25H28/c1-7-11-17(3)20-12-9-10-13-22(20)19-14-15-21-18(4)23(8-2)25(5,6)24(21)16-19/h8-16H,2,7H2,1,3-6H3/b17-11-. The zero-order valence-electron chi connectivity index (χ0n) is 16.1. The second-order valence-electron chi connectivity index (χ2n) is 7.47. The van der Waals surface area contributed by atoms with Crippen LogP contribution in [0.5, 0.6) is 0 Å². The maximum Gasteiger partial charge on any atom is 0.0155 e. The van der Waals surface area contributed by atoms with Gasteiger partial charge in [0, 0.05) is 5.41 Å². The Balaban J connectivity index is 2.17. The lowest BCUT2D eigenvalue weighted by molar-refractivity contribution is 0.654. The number of benzene rings is 2. The molecule has 0 nitrogen and oxygen atoms in total. The first-order valence-corrected chi connectivity index (χ1v) is 9.17. The van der Waals surface area contributed by atoms with Crippen molar-refractivity contribution in [1.29, 1.82) is 0 Å². The smallest absolute Gasteiger partial charge is 0.0155 e. The normalized spacial score (nSPS) is 16.1. The summed E-state index contributed by atoms with van der Waals surface area (Å²) < 4.78 is 0. The molecule has 0 aromatic heterocycles. The summed E-state index contributed by atoms with van der Waals surface area (Å²) in [6.45, 7) is 15.3. The van der Waals surface area contributed by atoms with E-state index in [4.69, 9.17) is 0 Å². The van der Waals surface area contributed by atoms with Crippen molar-refractivity contribution in [2.24, 2.45) is 0 Å². The van der Waals surface area contributed by atoms with Crippen LogP contribution in [0.25, 0.3) is 22.3 Å². The summed E-state index contributed by atoms with van der Waals surface area (Å²) in [5.74, 6) is 0. The molecule has 128 valence electrons. The van der Waals surface area contributed by atoms with Crippen LogP contribution in [0.1, 0.15) is 57.7 Å². The topological polar surface area (TPSA) is 0 Å². The molecule has 0 radical (unpaired) electrons. The molecule has 0 heteroatoms. The highest BCUT2D eigenvalue weighted by Gasteiger charge is 2.34. The fourth-order valence-corrected chi connectivity index (χ4v) is 4.22. The van der Waals surface area contributed by atoms with Crippen LogP contribution in [-0.2, 0) is 5.41 Å². The molecule has 3 rings (SSSR count). The van der Waals surface area contributed by atoms with Gasteiger partial charge < -0.3 is 0 Å². The van der Waals surface area contributed by atoms with E-state index < -0.39 is 0 Å². The minimum atomic E-state index is 0.0143. The van der Waals surface area contributed by atoms with E-state index in [0.717, 1.165) is 6.42 Å². The van der Waals surface area contributed by atoms with Gasteiger partial charge in [0.1, 0.15) is 0 Å². The van der Waals surface area contributed by atoms with Gasteiger partial charge in [-0.25, -0.2) is 0 Å². The van der Waals surface area contributed by atoms with Gasteiger partial charge in [-0.1, -0.05) is 75.9 Å². The highest BCUT2D eigenvalue weighted by atomic mass is 14.4. The Labute approximate surface area is 152 Å². The summed E-state index contributed by atoms with van der Waals surface area (Å²) in [4.78, 5) is 0. The van der Waals surface area contributed by atoms with E-state index in [0.29, 0.717) is 0 Å². The van der Waals surface area contributed by atoms with Gasteiger partial charge >= 0.3 is 0 Å². The summed E-state index contributed by atoms with van der Waals surface area (Å²) in [5.41, 5.74) is 10.8. The van der Waals surface area contributed by atoms with E-state index in [1.165, 1.54) is 44.5 Å². The van der Waals surface area contributed by atoms with Crippen molar-refractivity contribution >= 4 is 11.1 Å². The molecular formula is C25H28. The van der Waals surface area contributed by atoms with Gasteiger partial charge in [-0.2, -0.15) is 0 Å². The average Bonchev–Trinajstić information content (AvgIpc) is 2.80. The van der Waals surface area contributed by atoms with E-state index in [-0.39, 0.29) is 5.41 Å². The fourth-order valence-electron chi connectivity index (χ4n) is 4.22. The van der Waals surface area contributed by atoms with Crippen LogP contribution in [0.2, 0.25) is 0 Å². The monoisotopic (exact) mass is 328 g/mol. The highest BCUT2D eigenvalue weighted by molar-refractivity contribution is 5.86. The maximum atomic E-state index is 4.04. The summed E-state index contributed by atoms with van der Waals surface area (Å²) in [5, 5.41) is 0. The summed E-state index contributed by atoms with van der Waals surface area (Å²) in [6.07, 6.45) is 5.39. The van der Waals surface area contributed by atoms with Crippen molar-refractivity contribution in [1.82, 2.24) is 0 Å². The zero-order chi connectivity index (χ0) is 18.2. The predicted octanol–water partition coefficient (Wildman–Crippen LogP) is 7.42. The molecule has 0 atom stereocenters. The van der Waals surface area contributed by atoms with Gasteiger partial charge in [-0.3, -0.25) is 0 Å². The lowest BCUT2D eigenvalue weighted by Gasteiger charge is -2.23. The van der Waals surface area contributed by atoms with E-state index in [1.807, 2.05) is 6.08 Å². The van der Waals surface area contributed by atoms with E-state index in [9.17, 15) is 0 Å². The third-order valence-corrected chi connectivity index (χ3v) is 5.55. The Morgan fingerprint density at radius 3 is 2.48 bits per heavy atom. The maximum absolute atomic E-state index is 4.04. The Morgan fingerprint density at radius 1 is 1.08 bits per heavy atom. The van der Waals surface area contributed by atoms with Gasteiger partial charge in [0.05, 0.1) is 0 Å². The van der Waals surface area contributed by atoms with Crippen LogP contribution < -0.4 is 0 Å². The lowest BCUT2D eigenvalue weighted by atomic mass is 9.80. The van der Waals surface area contributed by atoms with Crippen molar-refractivity contribution < 1.29 is 0 Å². The molecule has 2 aromatic carbocycles. The number of rotatable bonds is 4. The Bertz CT molecular complexity index is 888. The highest BCUT2D eigenvalue weighted by Crippen LogP contribution is 2.47. The van der Waals surface area contributed by atoms with E-state index in [2.05, 4.69) is 89.7 Å². The minimum absolute atomic E-state index is 0.0143. The first kappa shape index (κ1) is 17.5. The Morgan fingerprint density at radius 2 is 1.80 bits per heavy atom. The molecule has 0 spiro atoms. The van der Waals surface area contributed by atoms with Crippen molar-refractivity contribution in [3.63, 3.8) is 0 Å². The summed E-state index contributed by atoms with van der Waals surface area (Å²) >= 11 is 0. The molecule has 1 aliphatic carbocycles. The molecule has 0 amide bonds. The third kappa shape index (κ3) is 2.80. The first-order valence-electron chi connectivity index (χ1n) is 9.17. The Kier molecular flexibility index (Phi) is 4.56. The van der Waals surface area contributed by atoms with Crippen LogP contribution in [0.15, 0.2) is 66.8 Å². The van der Waals surface area contributed by atoms with Crippen molar-refractivity contribution in [3.05, 3.63) is 83.5 Å². The van der Waals surface area contributed by atoms with Crippen molar-refractivity contribution in [2.45, 2.75) is 46.5 Å². The van der Waals surface area contributed by atoms with Gasteiger partial charge in [0.2, 0.25) is 0 Å². The van der Waals surface area contributed by atoms with Crippen LogP contribution >= 0.6 is 0 Å². The van der Waals surface area contributed by atoms with Crippen LogP contribution in [0.4, 0.5) is 0 Å². The first-order chi connectivity index (χ1) is 11.9. The van der Waals surface area contributed by atoms with E-state index >= 15 is 0 Å². The molecule has 25 heavy (non-hydrogen) atoms. The molecule has 0 fully saturated rings. The summed E-state index contributed by atoms with van der Waals surface area (Å²) in [7, 11) is 0. The molecule has 0 aliphatic heterocycles. The molecule has 2 aromatic rings. The fraction of sp³-hybridized carbons (Fsp3) is 0.280. The molecule has 0 bridgehead atoms. The third-order valence-electron chi connectivity index (χ3n) is 5.55. The second kappa shape index (κ2) is 6.52. The Hall–Kier alpha value is -2.34. The van der Waals surface area contributed by atoms with Crippen molar-refractivity contribution in [3.8, 4) is 11.1 Å². The van der Waals surface area contributed by atoms with Crippen LogP contribution in [-0.4, -0.2) is 0 Å². The molecule has 0 saturated carbocycles. The summed E-state index contributed by atoms with van der Waals surface area (Å²) in [6, 6.07) is 15.7. The second-order valence-corrected chi connectivity index (χ2v) is 7.47. The van der Waals surface area contributed by atoms with Gasteiger partial charge in [-0.15, -0.1) is 0 Å². The molecule has 0 N–H and O–H groups in total. The zero-order valence-corrected chi connectivity index (χ0v) is 16.1. The lowest BCUT2D eigenvalue weighted by Crippen LogP contribution is -2.16. The molecular weight excluding hydrogens is 300 g/mol. The quantitative estimate of drug-likeness (QED) is 0.548. The van der Waals surface area contributed by atoms with Gasteiger partial charge in [0.25, 0.3) is 0 Å². The van der Waals surface area contributed by atoms with E-state index in [1.54, 1.807) is 0 Å². The molecule has 0 heterocycles. The molecule has 1 aliphatic rings. The number of fused-ring (bicyclic) bond motifs is 1. The molecule has 0 saturated heterocycles. The minimum Gasteiger partial charge on any atom is -0.0987 e. The largest absolute Gasteiger partial charge is 0.0987 e. The average molecular weight is 328 g/mol. The van der Waals surface area contributed by atoms with Crippen molar-refractivity contribution in [2.75, 3.05) is 0 Å². The predicted molar refractivity (Wildman–Crippen MR) is 112 cm³/mol. The van der Waals surface area contributed by atoms with Crippen LogP contribution in [0, 0.1) is 0 Å². The van der Waals surface area contributed by atoms with Gasteiger partial charge in [-0.05, 0) is 70.9 Å².